The zero-order chi connectivity index (χ0) is 12.7. The van der Waals surface area contributed by atoms with Gasteiger partial charge >= 0.3 is 0 Å². The predicted octanol–water partition coefficient (Wildman–Crippen LogP) is 3.04. The molecule has 3 nitrogen and oxygen atoms in total. The third-order valence-corrected chi connectivity index (χ3v) is 3.75. The maximum Gasteiger partial charge on any atom is 0.0534 e. The second kappa shape index (κ2) is 7.72. The van der Waals surface area contributed by atoms with Gasteiger partial charge in [-0.25, -0.2) is 0 Å². The van der Waals surface area contributed by atoms with Crippen molar-refractivity contribution in [3.63, 3.8) is 0 Å². The molecule has 0 saturated heterocycles. The molecule has 1 unspecified atom stereocenters. The van der Waals surface area contributed by atoms with E-state index in [1.54, 1.807) is 0 Å². The van der Waals surface area contributed by atoms with Crippen LogP contribution in [0.4, 0.5) is 0 Å². The summed E-state index contributed by atoms with van der Waals surface area (Å²) in [5.41, 5.74) is 1.22. The van der Waals surface area contributed by atoms with Gasteiger partial charge in [0.2, 0.25) is 0 Å². The summed E-state index contributed by atoms with van der Waals surface area (Å²) in [4.78, 5) is 0. The number of aryl methyl sites for hydroxylation is 1. The number of nitrogens with one attached hydrogen (secondary N) is 1. The average Bonchev–Trinajstić information content (AvgIpc) is 2.78. The second-order valence-electron chi connectivity index (χ2n) is 4.43. The van der Waals surface area contributed by atoms with Gasteiger partial charge in [0, 0.05) is 36.8 Å². The standard InChI is InChI=1S/C13H24ClN3/c1-4-12(5-2)13(14)9-15-7-11-8-16-17(6-3)10-11/h8,10,12-13,15H,4-7,9H2,1-3H3. The number of rotatable bonds is 8. The fourth-order valence-electron chi connectivity index (χ4n) is 1.99. The lowest BCUT2D eigenvalue weighted by Crippen LogP contribution is -2.28. The molecule has 1 heterocycles. The summed E-state index contributed by atoms with van der Waals surface area (Å²) in [5, 5.41) is 7.87. The lowest BCUT2D eigenvalue weighted by atomic mass is 9.99. The van der Waals surface area contributed by atoms with Crippen LogP contribution in [0.25, 0.3) is 0 Å². The fraction of sp³-hybridized carbons (Fsp3) is 0.769. The molecule has 1 N–H and O–H groups in total. The van der Waals surface area contributed by atoms with Gasteiger partial charge in [-0.15, -0.1) is 11.6 Å². The van der Waals surface area contributed by atoms with Crippen LogP contribution in [-0.2, 0) is 13.1 Å². The molecule has 4 heteroatoms. The van der Waals surface area contributed by atoms with Crippen molar-refractivity contribution in [3.8, 4) is 0 Å². The molecule has 0 radical (unpaired) electrons. The van der Waals surface area contributed by atoms with Gasteiger partial charge in [0.25, 0.3) is 0 Å². The highest BCUT2D eigenvalue weighted by molar-refractivity contribution is 6.21. The zero-order valence-electron chi connectivity index (χ0n) is 11.1. The average molecular weight is 258 g/mol. The van der Waals surface area contributed by atoms with Gasteiger partial charge in [-0.2, -0.15) is 5.10 Å². The van der Waals surface area contributed by atoms with Crippen LogP contribution in [0.5, 0.6) is 0 Å². The van der Waals surface area contributed by atoms with Crippen LogP contribution in [0.3, 0.4) is 0 Å². The highest BCUT2D eigenvalue weighted by Crippen LogP contribution is 2.17. The molecule has 1 atom stereocenters. The zero-order valence-corrected chi connectivity index (χ0v) is 11.9. The van der Waals surface area contributed by atoms with Gasteiger partial charge < -0.3 is 5.32 Å². The van der Waals surface area contributed by atoms with Crippen molar-refractivity contribution in [3.05, 3.63) is 18.0 Å². The number of alkyl halides is 1. The highest BCUT2D eigenvalue weighted by Gasteiger charge is 2.14. The van der Waals surface area contributed by atoms with E-state index in [9.17, 15) is 0 Å². The smallest absolute Gasteiger partial charge is 0.0534 e. The summed E-state index contributed by atoms with van der Waals surface area (Å²) < 4.78 is 1.94. The molecule has 0 aromatic carbocycles. The molecule has 0 aliphatic rings. The molecular weight excluding hydrogens is 234 g/mol. The minimum atomic E-state index is 0.228. The van der Waals surface area contributed by atoms with Crippen LogP contribution in [0.1, 0.15) is 39.2 Å². The van der Waals surface area contributed by atoms with Crippen LogP contribution in [0.15, 0.2) is 12.4 Å². The van der Waals surface area contributed by atoms with Crippen molar-refractivity contribution in [1.29, 1.82) is 0 Å². The number of halogens is 1. The molecule has 0 aliphatic heterocycles. The lowest BCUT2D eigenvalue weighted by molar-refractivity contribution is 0.446. The molecule has 0 aliphatic carbocycles. The van der Waals surface area contributed by atoms with Crippen molar-refractivity contribution >= 4 is 11.6 Å². The van der Waals surface area contributed by atoms with E-state index in [1.807, 2.05) is 10.9 Å². The van der Waals surface area contributed by atoms with Crippen LogP contribution in [-0.4, -0.2) is 21.7 Å². The largest absolute Gasteiger partial charge is 0.311 e. The number of nitrogens with zero attached hydrogens (tertiary/aromatic N) is 2. The number of hydrogen-bond acceptors (Lipinski definition) is 2. The Hall–Kier alpha value is -0.540. The third kappa shape index (κ3) is 4.68. The van der Waals surface area contributed by atoms with Crippen molar-refractivity contribution in [2.45, 2.75) is 52.1 Å². The predicted molar refractivity (Wildman–Crippen MR) is 73.3 cm³/mol. The number of aromatic nitrogens is 2. The number of hydrogen-bond donors (Lipinski definition) is 1. The molecule has 1 rings (SSSR count). The van der Waals surface area contributed by atoms with Crippen LogP contribution in [0, 0.1) is 5.92 Å². The fourth-order valence-corrected chi connectivity index (χ4v) is 2.46. The topological polar surface area (TPSA) is 29.9 Å². The van der Waals surface area contributed by atoms with E-state index in [4.69, 9.17) is 11.6 Å². The van der Waals surface area contributed by atoms with E-state index in [2.05, 4.69) is 37.4 Å². The van der Waals surface area contributed by atoms with E-state index in [-0.39, 0.29) is 5.38 Å². The Balaban J connectivity index is 2.27. The van der Waals surface area contributed by atoms with E-state index in [0.717, 1.165) is 32.5 Å². The molecule has 98 valence electrons. The highest BCUT2D eigenvalue weighted by atomic mass is 35.5. The summed E-state index contributed by atoms with van der Waals surface area (Å²) >= 11 is 6.36. The van der Waals surface area contributed by atoms with Crippen molar-refractivity contribution in [2.24, 2.45) is 5.92 Å². The summed E-state index contributed by atoms with van der Waals surface area (Å²) in [6.45, 7) is 9.14. The first-order chi connectivity index (χ1) is 8.21. The Morgan fingerprint density at radius 1 is 1.35 bits per heavy atom. The lowest BCUT2D eigenvalue weighted by Gasteiger charge is -2.19. The van der Waals surface area contributed by atoms with Crippen molar-refractivity contribution in [2.75, 3.05) is 6.54 Å². The Morgan fingerprint density at radius 3 is 2.59 bits per heavy atom. The molecule has 17 heavy (non-hydrogen) atoms. The quantitative estimate of drug-likeness (QED) is 0.726. The van der Waals surface area contributed by atoms with Gasteiger partial charge in [0.05, 0.1) is 6.20 Å². The first-order valence-electron chi connectivity index (χ1n) is 6.57. The molecule has 1 aromatic heterocycles. The summed E-state index contributed by atoms with van der Waals surface area (Å²) in [6, 6.07) is 0. The first kappa shape index (κ1) is 14.5. The van der Waals surface area contributed by atoms with Gasteiger partial charge in [-0.05, 0) is 12.8 Å². The summed E-state index contributed by atoms with van der Waals surface area (Å²) in [7, 11) is 0. The molecule has 0 spiro atoms. The van der Waals surface area contributed by atoms with Crippen LogP contribution < -0.4 is 5.32 Å². The van der Waals surface area contributed by atoms with E-state index >= 15 is 0 Å². The summed E-state index contributed by atoms with van der Waals surface area (Å²) in [6.07, 6.45) is 6.30. The maximum atomic E-state index is 6.36. The van der Waals surface area contributed by atoms with E-state index < -0.39 is 0 Å². The van der Waals surface area contributed by atoms with E-state index in [0.29, 0.717) is 5.92 Å². The SMILES string of the molecule is CCC(CC)C(Cl)CNCc1cnn(CC)c1. The van der Waals surface area contributed by atoms with Gasteiger partial charge in [-0.1, -0.05) is 26.7 Å². The van der Waals surface area contributed by atoms with Crippen LogP contribution in [0.2, 0.25) is 0 Å². The van der Waals surface area contributed by atoms with Crippen LogP contribution >= 0.6 is 11.6 Å². The van der Waals surface area contributed by atoms with E-state index in [1.165, 1.54) is 5.56 Å². The monoisotopic (exact) mass is 257 g/mol. The van der Waals surface area contributed by atoms with Gasteiger partial charge in [0.1, 0.15) is 0 Å². The second-order valence-corrected chi connectivity index (χ2v) is 4.99. The molecule has 0 amide bonds. The third-order valence-electron chi connectivity index (χ3n) is 3.24. The molecule has 0 bridgehead atoms. The Kier molecular flexibility index (Phi) is 6.60. The normalized spacial score (nSPS) is 13.2. The molecular formula is C13H24ClN3. The first-order valence-corrected chi connectivity index (χ1v) is 7.00. The molecule has 0 saturated carbocycles. The summed E-state index contributed by atoms with van der Waals surface area (Å²) in [5.74, 6) is 0.613. The Bertz CT molecular complexity index is 307. The van der Waals surface area contributed by atoms with Gasteiger partial charge in [-0.3, -0.25) is 4.68 Å². The Labute approximate surface area is 110 Å². The minimum Gasteiger partial charge on any atom is -0.311 e. The molecule has 1 aromatic rings. The van der Waals surface area contributed by atoms with Crippen molar-refractivity contribution < 1.29 is 0 Å². The molecule has 0 fully saturated rings. The maximum absolute atomic E-state index is 6.36. The van der Waals surface area contributed by atoms with Crippen molar-refractivity contribution in [1.82, 2.24) is 15.1 Å². The minimum absolute atomic E-state index is 0.228. The van der Waals surface area contributed by atoms with Gasteiger partial charge in [0.15, 0.2) is 0 Å². The Morgan fingerprint density at radius 2 is 2.06 bits per heavy atom.